The average molecular weight is 1150 g/mol. The molecule has 1 amide bonds. The number of ether oxygens (including phenoxy) is 4. The van der Waals surface area contributed by atoms with Crippen molar-refractivity contribution in [2.45, 2.75) is 51.5 Å². The number of carbonyl (C=O) groups is 5. The van der Waals surface area contributed by atoms with Crippen LogP contribution in [0, 0.1) is 0 Å². The first kappa shape index (κ1) is 53.5. The monoisotopic (exact) mass is 1150 g/mol. The maximum absolute atomic E-state index is 16.1. The number of amides is 1. The van der Waals surface area contributed by atoms with Gasteiger partial charge in [-0.25, -0.2) is 32.8 Å². The van der Waals surface area contributed by atoms with Crippen molar-refractivity contribution in [2.24, 2.45) is 0 Å². The zero-order valence-electron chi connectivity index (χ0n) is 41.3. The lowest BCUT2D eigenvalue weighted by atomic mass is 10.1. The van der Waals surface area contributed by atoms with Crippen LogP contribution in [0.4, 0.5) is 14.6 Å². The second-order valence-corrected chi connectivity index (χ2v) is 22.7. The van der Waals surface area contributed by atoms with Gasteiger partial charge in [0.25, 0.3) is 0 Å². The molecule has 1 aromatic heterocycles. The molecule has 11 rings (SSSR count). The molecule has 0 radical (unpaired) electrons. The summed E-state index contributed by atoms with van der Waals surface area (Å²) in [6, 6.07) is 52.5. The van der Waals surface area contributed by atoms with Gasteiger partial charge in [0.1, 0.15) is 24.4 Å². The molecule has 0 saturated carbocycles. The Labute approximate surface area is 461 Å². The Balaban J connectivity index is 0.000000182. The van der Waals surface area contributed by atoms with Crippen molar-refractivity contribution in [3.8, 4) is 0 Å². The van der Waals surface area contributed by atoms with Gasteiger partial charge in [0.15, 0.2) is 24.6 Å². The van der Waals surface area contributed by atoms with E-state index in [2.05, 4.69) is 26.2 Å². The highest BCUT2D eigenvalue weighted by Gasteiger charge is 2.50. The van der Waals surface area contributed by atoms with Gasteiger partial charge in [-0.15, -0.1) is 23.5 Å². The summed E-state index contributed by atoms with van der Waals surface area (Å²) in [5.74, 6) is -2.86. The molecule has 8 atom stereocenters. The Bertz CT molecular complexity index is 3830. The summed E-state index contributed by atoms with van der Waals surface area (Å²) in [5, 5.41) is 7.31. The highest BCUT2D eigenvalue weighted by molar-refractivity contribution is 9.11. The number of halogens is 3. The highest BCUT2D eigenvalue weighted by Crippen LogP contribution is 2.45. The van der Waals surface area contributed by atoms with E-state index >= 15 is 4.39 Å². The molecule has 18 heteroatoms. The zero-order valence-corrected chi connectivity index (χ0v) is 44.5. The second-order valence-electron chi connectivity index (χ2n) is 18.3. The minimum Gasteiger partial charge on any atom is -0.461 e. The van der Waals surface area contributed by atoms with E-state index in [0.717, 1.165) is 59.4 Å². The van der Waals surface area contributed by atoms with E-state index in [9.17, 15) is 33.2 Å². The van der Waals surface area contributed by atoms with Crippen molar-refractivity contribution in [3.63, 3.8) is 0 Å². The van der Waals surface area contributed by atoms with Crippen molar-refractivity contribution in [1.82, 2.24) is 9.55 Å². The molecular formula is C60H46BrF2N3O10S2. The predicted molar refractivity (Wildman–Crippen MR) is 302 cm³/mol. The van der Waals surface area contributed by atoms with Gasteiger partial charge in [-0.2, -0.15) is 4.98 Å². The lowest BCUT2D eigenvalue weighted by Gasteiger charge is -2.21. The average Bonchev–Trinajstić information content (AvgIpc) is 3.91. The molecule has 9 aromatic rings. The van der Waals surface area contributed by atoms with E-state index in [1.54, 1.807) is 54.6 Å². The molecule has 394 valence electrons. The Hall–Kier alpha value is -7.93. The fourth-order valence-electron chi connectivity index (χ4n) is 9.13. The first-order valence-corrected chi connectivity index (χ1v) is 27.4. The lowest BCUT2D eigenvalue weighted by Crippen LogP contribution is -2.37. The standard InChI is InChI=1S/C33H26FN3O6S.C27H20BrFO4S/c1-19(38)35-27-14-15-37(33(41)36-27)30-28(34)29(43-32(40)25-13-11-21-7-3-5-9-23(21)17-25)26(44-30)18-42-31(39)24-12-10-20-6-2-4-8-22(20)16-24;28-25-23(29)24(33-27(31)21-12-10-17-6-2-4-8-19(17)14-21)22(34-25)15-32-26(30)20-11-9-16-5-1-3-7-18(16)13-20/h2-17,26,28-30H,18H2,1H3,(H,35,36,38,41);1-14,22-25H,15H2/t26-,28+,29-,30-;22-,23+,24-,25+/m11/s1. The molecule has 2 saturated heterocycles. The van der Waals surface area contributed by atoms with Gasteiger partial charge in [0, 0.05) is 13.1 Å². The zero-order chi connectivity index (χ0) is 54.5. The fraction of sp³-hybridized carbons (Fsp3) is 0.183. The molecule has 2 aliphatic heterocycles. The van der Waals surface area contributed by atoms with Crippen molar-refractivity contribution >= 4 is 118 Å². The number of nitrogens with zero attached hydrogens (tertiary/aromatic N) is 2. The van der Waals surface area contributed by atoms with Gasteiger partial charge in [0.05, 0.1) is 36.9 Å². The van der Waals surface area contributed by atoms with E-state index < -0.39 is 80.1 Å². The quantitative estimate of drug-likeness (QED) is 0.0697. The van der Waals surface area contributed by atoms with E-state index in [-0.39, 0.29) is 24.6 Å². The molecule has 2 fully saturated rings. The van der Waals surface area contributed by atoms with Crippen LogP contribution in [0.3, 0.4) is 0 Å². The van der Waals surface area contributed by atoms with Gasteiger partial charge in [-0.3, -0.25) is 9.36 Å². The number of benzene rings is 8. The summed E-state index contributed by atoms with van der Waals surface area (Å²) in [4.78, 5) is 79.7. The number of anilines is 1. The lowest BCUT2D eigenvalue weighted by molar-refractivity contribution is -0.114. The molecule has 3 heterocycles. The van der Waals surface area contributed by atoms with Crippen LogP contribution in [0.5, 0.6) is 0 Å². The van der Waals surface area contributed by atoms with Crippen LogP contribution in [0.15, 0.2) is 187 Å². The third-order valence-corrected chi connectivity index (χ3v) is 17.0. The van der Waals surface area contributed by atoms with Crippen LogP contribution < -0.4 is 11.0 Å². The van der Waals surface area contributed by atoms with E-state index in [1.807, 2.05) is 115 Å². The minimum atomic E-state index is -1.85. The Morgan fingerprint density at radius 3 is 1.29 bits per heavy atom. The maximum atomic E-state index is 16.1. The van der Waals surface area contributed by atoms with Crippen LogP contribution >= 0.6 is 39.5 Å². The van der Waals surface area contributed by atoms with Gasteiger partial charge in [-0.1, -0.05) is 137 Å². The topological polar surface area (TPSA) is 169 Å². The Morgan fingerprint density at radius 2 is 0.897 bits per heavy atom. The van der Waals surface area contributed by atoms with Crippen LogP contribution in [0.2, 0.25) is 0 Å². The van der Waals surface area contributed by atoms with Crippen molar-refractivity contribution < 1.29 is 51.7 Å². The Kier molecular flexibility index (Phi) is 16.3. The predicted octanol–water partition coefficient (Wildman–Crippen LogP) is 12.1. The summed E-state index contributed by atoms with van der Waals surface area (Å²) in [5.41, 5.74) is 0.512. The smallest absolute Gasteiger partial charge is 0.350 e. The van der Waals surface area contributed by atoms with E-state index in [4.69, 9.17) is 18.9 Å². The van der Waals surface area contributed by atoms with Crippen LogP contribution in [0.25, 0.3) is 43.1 Å². The number of fused-ring (bicyclic) bond motifs is 4. The molecule has 78 heavy (non-hydrogen) atoms. The SMILES string of the molecule is CC(=O)Nc1ccn([C@@H]2S[C@H](COC(=O)c3ccc4ccccc4c3)[C@@H](OC(=O)c3ccc4ccccc4c3)[C@@H]2F)c(=O)n1.O=C(OC[C@H]1S[C@H](Br)[C@@H](F)[C@@H]1OC(=O)c1ccc2ccccc2c1)c1ccc2ccccc2c1. The van der Waals surface area contributed by atoms with Crippen molar-refractivity contribution in [2.75, 3.05) is 18.5 Å². The number of hydrogen-bond donors (Lipinski definition) is 1. The summed E-state index contributed by atoms with van der Waals surface area (Å²) < 4.78 is 53.9. The third-order valence-electron chi connectivity index (χ3n) is 13.1. The molecule has 0 unspecified atom stereocenters. The number of aromatic nitrogens is 2. The largest absolute Gasteiger partial charge is 0.461 e. The number of nitrogens with one attached hydrogen (secondary N) is 1. The summed E-state index contributed by atoms with van der Waals surface area (Å²) in [7, 11) is 0. The summed E-state index contributed by atoms with van der Waals surface area (Å²) in [6.07, 6.45) is -4.36. The molecule has 0 aliphatic carbocycles. The first-order valence-electron chi connectivity index (χ1n) is 24.6. The van der Waals surface area contributed by atoms with E-state index in [0.29, 0.717) is 16.7 Å². The van der Waals surface area contributed by atoms with Crippen LogP contribution in [-0.4, -0.2) is 91.8 Å². The number of rotatable bonds is 12. The van der Waals surface area contributed by atoms with Gasteiger partial charge in [-0.05, 0) is 97.7 Å². The maximum Gasteiger partial charge on any atom is 0.350 e. The number of hydrogen-bond acceptors (Lipinski definition) is 13. The molecule has 1 N–H and O–H groups in total. The van der Waals surface area contributed by atoms with E-state index in [1.165, 1.54) is 30.9 Å². The molecule has 2 aliphatic rings. The number of thioether (sulfide) groups is 2. The summed E-state index contributed by atoms with van der Waals surface area (Å²) in [6.45, 7) is 0.916. The minimum absolute atomic E-state index is 0.0253. The van der Waals surface area contributed by atoms with Gasteiger partial charge in [0.2, 0.25) is 5.91 Å². The fourth-order valence-corrected chi connectivity index (χ4v) is 12.9. The first-order chi connectivity index (χ1) is 37.8. The van der Waals surface area contributed by atoms with Crippen molar-refractivity contribution in [1.29, 1.82) is 0 Å². The number of alkyl halides is 3. The van der Waals surface area contributed by atoms with Crippen LogP contribution in [-0.2, 0) is 23.7 Å². The van der Waals surface area contributed by atoms with Gasteiger partial charge < -0.3 is 24.3 Å². The van der Waals surface area contributed by atoms with Crippen molar-refractivity contribution in [3.05, 3.63) is 215 Å². The normalized spacial score (nSPS) is 20.6. The molecule has 0 spiro atoms. The highest BCUT2D eigenvalue weighted by atomic mass is 79.9. The third kappa shape index (κ3) is 12.1. The second kappa shape index (κ2) is 23.8. The molecule has 0 bridgehead atoms. The van der Waals surface area contributed by atoms with Crippen LogP contribution in [0.1, 0.15) is 53.7 Å². The Morgan fingerprint density at radius 1 is 0.526 bits per heavy atom. The molecular weight excluding hydrogens is 1100 g/mol. The molecule has 8 aromatic carbocycles. The number of esters is 4. The van der Waals surface area contributed by atoms with Gasteiger partial charge >= 0.3 is 29.6 Å². The summed E-state index contributed by atoms with van der Waals surface area (Å²) >= 11 is 5.55. The number of carbonyl (C=O) groups excluding carboxylic acids is 5. The molecule has 13 nitrogen and oxygen atoms in total.